The minimum atomic E-state index is -3.80. The Morgan fingerprint density at radius 2 is 1.66 bits per heavy atom. The first-order chi connectivity index (χ1) is 13.8. The summed E-state index contributed by atoms with van der Waals surface area (Å²) in [4.78, 5) is 14.1. The number of hydrogen-bond donors (Lipinski definition) is 0. The fourth-order valence-corrected chi connectivity index (χ4v) is 4.78. The number of ether oxygens (including phenoxy) is 2. The summed E-state index contributed by atoms with van der Waals surface area (Å²) in [7, 11) is -0.930. The van der Waals surface area contributed by atoms with Crippen molar-refractivity contribution >= 4 is 15.9 Å². The molecule has 2 aromatic rings. The number of rotatable bonds is 6. The molecule has 3 rings (SSSR count). The molecular weight excluding hydrogens is 399 g/mol. The first-order valence-corrected chi connectivity index (χ1v) is 10.5. The molecule has 0 bridgehead atoms. The van der Waals surface area contributed by atoms with Crippen LogP contribution < -0.4 is 9.47 Å². The Bertz CT molecular complexity index is 971. The maximum absolute atomic E-state index is 13.1. The zero-order valence-electron chi connectivity index (χ0n) is 16.3. The molecule has 1 amide bonds. The highest BCUT2D eigenvalue weighted by Crippen LogP contribution is 2.31. The average molecular weight is 422 g/mol. The predicted molar refractivity (Wildman–Crippen MR) is 105 cm³/mol. The zero-order chi connectivity index (χ0) is 21.0. The molecule has 0 radical (unpaired) electrons. The van der Waals surface area contributed by atoms with E-state index in [1.807, 2.05) is 0 Å². The first-order valence-electron chi connectivity index (χ1n) is 9.09. The van der Waals surface area contributed by atoms with Crippen molar-refractivity contribution in [2.24, 2.45) is 0 Å². The molecule has 9 heteroatoms. The summed E-state index contributed by atoms with van der Waals surface area (Å²) in [6, 6.07) is 10.4. The monoisotopic (exact) mass is 422 g/mol. The summed E-state index contributed by atoms with van der Waals surface area (Å²) in [5, 5.41) is 0. The molecule has 0 N–H and O–H groups in total. The van der Waals surface area contributed by atoms with Crippen molar-refractivity contribution < 1.29 is 27.1 Å². The minimum absolute atomic E-state index is 0.0328. The van der Waals surface area contributed by atoms with E-state index in [0.717, 1.165) is 0 Å². The van der Waals surface area contributed by atoms with Crippen LogP contribution in [0.2, 0.25) is 0 Å². The normalized spacial score (nSPS) is 15.2. The number of benzene rings is 2. The molecule has 0 aliphatic carbocycles. The molecule has 0 unspecified atom stereocenters. The van der Waals surface area contributed by atoms with Crippen LogP contribution in [0, 0.1) is 5.82 Å². The summed E-state index contributed by atoms with van der Waals surface area (Å²) >= 11 is 0. The van der Waals surface area contributed by atoms with Crippen LogP contribution in [0.1, 0.15) is 5.56 Å². The number of carbonyl (C=O) groups is 1. The topological polar surface area (TPSA) is 76.2 Å². The van der Waals surface area contributed by atoms with Gasteiger partial charge in [-0.2, -0.15) is 4.31 Å². The number of carbonyl (C=O) groups excluding carboxylic acids is 1. The Labute approximate surface area is 169 Å². The number of sulfonamides is 1. The number of amides is 1. The van der Waals surface area contributed by atoms with Crippen molar-refractivity contribution in [1.82, 2.24) is 9.21 Å². The van der Waals surface area contributed by atoms with Crippen LogP contribution in [-0.4, -0.2) is 63.9 Å². The van der Waals surface area contributed by atoms with Gasteiger partial charge in [0.1, 0.15) is 22.2 Å². The molecule has 0 spiro atoms. The lowest BCUT2D eigenvalue weighted by molar-refractivity contribution is -0.131. The summed E-state index contributed by atoms with van der Waals surface area (Å²) in [5.74, 6) is 0.179. The third-order valence-corrected chi connectivity index (χ3v) is 6.77. The predicted octanol–water partition coefficient (Wildman–Crippen LogP) is 1.92. The molecular formula is C20H23FN2O5S. The largest absolute Gasteiger partial charge is 0.497 e. The van der Waals surface area contributed by atoms with Crippen LogP contribution in [0.5, 0.6) is 11.5 Å². The smallest absolute Gasteiger partial charge is 0.247 e. The van der Waals surface area contributed by atoms with E-state index in [2.05, 4.69) is 0 Å². The molecule has 7 nitrogen and oxygen atoms in total. The first kappa shape index (κ1) is 21.1. The van der Waals surface area contributed by atoms with Crippen molar-refractivity contribution in [2.45, 2.75) is 11.3 Å². The van der Waals surface area contributed by atoms with Crippen LogP contribution in [0.25, 0.3) is 0 Å². The second-order valence-electron chi connectivity index (χ2n) is 6.60. The van der Waals surface area contributed by atoms with Crippen molar-refractivity contribution in [3.63, 3.8) is 0 Å². The van der Waals surface area contributed by atoms with E-state index < -0.39 is 10.0 Å². The van der Waals surface area contributed by atoms with Gasteiger partial charge in [-0.1, -0.05) is 12.1 Å². The standard InChI is InChI=1S/C20H23FN2O5S/c1-27-17-7-8-18(28-2)19(14-17)29(25,26)23-11-9-22(10-12-23)20(24)13-15-3-5-16(21)6-4-15/h3-8,14H,9-13H2,1-2H3. The van der Waals surface area contributed by atoms with E-state index in [1.54, 1.807) is 29.2 Å². The van der Waals surface area contributed by atoms with E-state index in [9.17, 15) is 17.6 Å². The Morgan fingerprint density at radius 1 is 1.00 bits per heavy atom. The van der Waals surface area contributed by atoms with Crippen molar-refractivity contribution in [3.05, 3.63) is 53.8 Å². The number of methoxy groups -OCH3 is 2. The number of halogens is 1. The Morgan fingerprint density at radius 3 is 2.24 bits per heavy atom. The third-order valence-electron chi connectivity index (χ3n) is 4.85. The summed E-state index contributed by atoms with van der Waals surface area (Å²) < 4.78 is 50.8. The molecule has 0 atom stereocenters. The minimum Gasteiger partial charge on any atom is -0.497 e. The van der Waals surface area contributed by atoms with Gasteiger partial charge in [0.25, 0.3) is 0 Å². The van der Waals surface area contributed by atoms with Gasteiger partial charge in [0.15, 0.2) is 0 Å². The fraction of sp³-hybridized carbons (Fsp3) is 0.350. The maximum atomic E-state index is 13.1. The molecule has 2 aromatic carbocycles. The van der Waals surface area contributed by atoms with E-state index in [1.165, 1.54) is 36.7 Å². The van der Waals surface area contributed by atoms with E-state index in [0.29, 0.717) is 11.3 Å². The molecule has 1 fully saturated rings. The maximum Gasteiger partial charge on any atom is 0.247 e. The van der Waals surface area contributed by atoms with Gasteiger partial charge >= 0.3 is 0 Å². The lowest BCUT2D eigenvalue weighted by Crippen LogP contribution is -2.50. The third kappa shape index (κ3) is 4.68. The summed E-state index contributed by atoms with van der Waals surface area (Å²) in [6.45, 7) is 0.923. The average Bonchev–Trinajstić information content (AvgIpc) is 2.74. The van der Waals surface area contributed by atoms with Gasteiger partial charge < -0.3 is 14.4 Å². The van der Waals surface area contributed by atoms with Gasteiger partial charge in [0, 0.05) is 32.2 Å². The van der Waals surface area contributed by atoms with Crippen LogP contribution in [-0.2, 0) is 21.2 Å². The van der Waals surface area contributed by atoms with Crippen molar-refractivity contribution in [1.29, 1.82) is 0 Å². The molecule has 0 saturated carbocycles. The quantitative estimate of drug-likeness (QED) is 0.711. The van der Waals surface area contributed by atoms with E-state index >= 15 is 0 Å². The molecule has 29 heavy (non-hydrogen) atoms. The number of nitrogens with zero attached hydrogens (tertiary/aromatic N) is 2. The SMILES string of the molecule is COc1ccc(OC)c(S(=O)(=O)N2CCN(C(=O)Cc3ccc(F)cc3)CC2)c1. The van der Waals surface area contributed by atoms with Crippen LogP contribution in [0.4, 0.5) is 4.39 Å². The highest BCUT2D eigenvalue weighted by Gasteiger charge is 2.32. The Balaban J connectivity index is 1.68. The van der Waals surface area contributed by atoms with Crippen molar-refractivity contribution in [2.75, 3.05) is 40.4 Å². The van der Waals surface area contributed by atoms with Gasteiger partial charge in [-0.15, -0.1) is 0 Å². The summed E-state index contributed by atoms with van der Waals surface area (Å²) in [5.41, 5.74) is 0.715. The highest BCUT2D eigenvalue weighted by molar-refractivity contribution is 7.89. The van der Waals surface area contributed by atoms with Crippen LogP contribution in [0.3, 0.4) is 0 Å². The number of piperazine rings is 1. The van der Waals surface area contributed by atoms with Gasteiger partial charge in [0.2, 0.25) is 15.9 Å². The molecule has 156 valence electrons. The Hall–Kier alpha value is -2.65. The lowest BCUT2D eigenvalue weighted by Gasteiger charge is -2.34. The van der Waals surface area contributed by atoms with E-state index in [-0.39, 0.29) is 55.0 Å². The molecule has 1 heterocycles. The second kappa shape index (κ2) is 8.79. The van der Waals surface area contributed by atoms with Crippen LogP contribution >= 0.6 is 0 Å². The summed E-state index contributed by atoms with van der Waals surface area (Å²) in [6.07, 6.45) is 0.150. The van der Waals surface area contributed by atoms with Crippen LogP contribution in [0.15, 0.2) is 47.4 Å². The Kier molecular flexibility index (Phi) is 6.39. The fourth-order valence-electron chi connectivity index (χ4n) is 3.19. The van der Waals surface area contributed by atoms with Gasteiger partial charge in [-0.25, -0.2) is 12.8 Å². The molecule has 1 saturated heterocycles. The van der Waals surface area contributed by atoms with Gasteiger partial charge in [-0.3, -0.25) is 4.79 Å². The van der Waals surface area contributed by atoms with Gasteiger partial charge in [-0.05, 0) is 29.8 Å². The van der Waals surface area contributed by atoms with E-state index in [4.69, 9.17) is 9.47 Å². The number of hydrogen-bond acceptors (Lipinski definition) is 5. The zero-order valence-corrected chi connectivity index (χ0v) is 17.1. The van der Waals surface area contributed by atoms with Gasteiger partial charge in [0.05, 0.1) is 20.6 Å². The molecule has 1 aliphatic heterocycles. The van der Waals surface area contributed by atoms with Crippen molar-refractivity contribution in [3.8, 4) is 11.5 Å². The highest BCUT2D eigenvalue weighted by atomic mass is 32.2. The second-order valence-corrected chi connectivity index (χ2v) is 8.51. The molecule has 0 aromatic heterocycles. The molecule has 1 aliphatic rings. The lowest BCUT2D eigenvalue weighted by atomic mass is 10.1.